The van der Waals surface area contributed by atoms with Crippen LogP contribution in [-0.2, 0) is 36.6 Å². The van der Waals surface area contributed by atoms with Crippen LogP contribution in [0.5, 0.6) is 0 Å². The monoisotopic (exact) mass is 620 g/mol. The summed E-state index contributed by atoms with van der Waals surface area (Å²) in [5, 5.41) is 11.1. The van der Waals surface area contributed by atoms with E-state index in [-0.39, 0.29) is 46.5 Å². The molecule has 2 aromatic heterocycles. The Morgan fingerprint density at radius 3 is 2.60 bits per heavy atom. The van der Waals surface area contributed by atoms with Crippen molar-refractivity contribution in [3.63, 3.8) is 0 Å². The zero-order valence-corrected chi connectivity index (χ0v) is 25.6. The Morgan fingerprint density at radius 2 is 2.00 bits per heavy atom. The molecule has 0 radical (unpaired) electrons. The van der Waals surface area contributed by atoms with E-state index in [9.17, 15) is 26.7 Å². The van der Waals surface area contributed by atoms with Crippen LogP contribution >= 0.6 is 0 Å². The largest absolute Gasteiger partial charge is 0.512 e. The van der Waals surface area contributed by atoms with Crippen molar-refractivity contribution in [1.29, 1.82) is 0 Å². The first-order chi connectivity index (χ1) is 19.8. The number of ether oxygens (including phenoxy) is 1. The fourth-order valence-corrected chi connectivity index (χ4v) is 7.30. The third-order valence-corrected chi connectivity index (χ3v) is 10.4. The van der Waals surface area contributed by atoms with E-state index in [2.05, 4.69) is 19.7 Å². The predicted molar refractivity (Wildman–Crippen MR) is 155 cm³/mol. The van der Waals surface area contributed by atoms with Crippen molar-refractivity contribution < 1.29 is 31.5 Å². The van der Waals surface area contributed by atoms with E-state index in [1.54, 1.807) is 31.3 Å². The minimum Gasteiger partial charge on any atom is -0.512 e. The van der Waals surface area contributed by atoms with Crippen LogP contribution in [0.3, 0.4) is 0 Å². The van der Waals surface area contributed by atoms with Gasteiger partial charge in [0.25, 0.3) is 20.0 Å². The van der Waals surface area contributed by atoms with Gasteiger partial charge in [0.1, 0.15) is 11.4 Å². The number of H-pyrrole nitrogens is 1. The summed E-state index contributed by atoms with van der Waals surface area (Å²) in [6, 6.07) is 6.62. The minimum absolute atomic E-state index is 0.0301. The number of cyclic esters (lactones) is 1. The molecule has 1 aliphatic rings. The number of hydrogen-bond donors (Lipinski definition) is 3. The van der Waals surface area contributed by atoms with Gasteiger partial charge in [-0.1, -0.05) is 32.4 Å². The number of aromatic amines is 1. The van der Waals surface area contributed by atoms with Crippen molar-refractivity contribution in [3.8, 4) is 0 Å². The Kier molecular flexibility index (Phi) is 9.13. The molecule has 4 rings (SSSR count). The zero-order valence-electron chi connectivity index (χ0n) is 23.9. The summed E-state index contributed by atoms with van der Waals surface area (Å²) in [5.41, 5.74) is -0.0870. The van der Waals surface area contributed by atoms with Crippen molar-refractivity contribution in [2.24, 2.45) is 7.05 Å². The number of aryl methyl sites for hydroxylation is 1. The van der Waals surface area contributed by atoms with Gasteiger partial charge in [0, 0.05) is 51.3 Å². The average molecular weight is 621 g/mol. The van der Waals surface area contributed by atoms with Gasteiger partial charge in [0.2, 0.25) is 0 Å². The summed E-state index contributed by atoms with van der Waals surface area (Å²) < 4.78 is 62.4. The molecular weight excluding hydrogens is 584 g/mol. The molecule has 2 unspecified atom stereocenters. The number of sulfonamides is 2. The Balaban J connectivity index is 1.56. The number of aliphatic hydroxyl groups excluding tert-OH is 1. The third-order valence-electron chi connectivity index (χ3n) is 7.33. The second-order valence-electron chi connectivity index (χ2n) is 10.4. The fraction of sp³-hybridized carbons (Fsp3) is 0.444. The van der Waals surface area contributed by atoms with E-state index >= 15 is 0 Å². The molecule has 13 nitrogen and oxygen atoms in total. The molecule has 0 bridgehead atoms. The first-order valence-electron chi connectivity index (χ1n) is 13.5. The number of nitrogens with zero attached hydrogens (tertiary/aromatic N) is 4. The maximum Gasteiger partial charge on any atom is 0.338 e. The molecular formula is C27H36N6O7S2. The number of carbonyl (C=O) groups is 1. The Bertz CT molecular complexity index is 1670. The van der Waals surface area contributed by atoms with Crippen LogP contribution in [0.2, 0.25) is 0 Å². The van der Waals surface area contributed by atoms with Crippen molar-refractivity contribution in [3.05, 3.63) is 66.2 Å². The SMILES string of the molecule is CCCC1(CCN(C)S(=O)(=O)c2cnc[nH]2)CC(O)=C(C(CC)c2cccc(NS(=O)(=O)c3cn(C)cn3)c2)C(=O)O1. The molecule has 0 saturated carbocycles. The number of imidazole rings is 2. The lowest BCUT2D eigenvalue weighted by atomic mass is 9.81. The molecule has 0 fully saturated rings. The fourth-order valence-electron chi connectivity index (χ4n) is 5.20. The molecule has 1 aromatic carbocycles. The lowest BCUT2D eigenvalue weighted by Gasteiger charge is -2.39. The van der Waals surface area contributed by atoms with Crippen LogP contribution in [0.15, 0.2) is 70.7 Å². The maximum absolute atomic E-state index is 13.5. The van der Waals surface area contributed by atoms with Crippen molar-refractivity contribution >= 4 is 31.7 Å². The Hall–Kier alpha value is -3.69. The van der Waals surface area contributed by atoms with E-state index in [0.29, 0.717) is 24.8 Å². The van der Waals surface area contributed by atoms with Crippen molar-refractivity contribution in [2.45, 2.75) is 67.5 Å². The van der Waals surface area contributed by atoms with Gasteiger partial charge in [-0.25, -0.2) is 23.2 Å². The molecule has 0 spiro atoms. The molecule has 42 heavy (non-hydrogen) atoms. The number of benzene rings is 1. The number of aromatic nitrogens is 4. The topological polar surface area (TPSA) is 177 Å². The van der Waals surface area contributed by atoms with Gasteiger partial charge in [-0.3, -0.25) is 4.72 Å². The minimum atomic E-state index is -3.94. The lowest BCUT2D eigenvalue weighted by molar-refractivity contribution is -0.161. The molecule has 0 amide bonds. The van der Waals surface area contributed by atoms with Gasteiger partial charge < -0.3 is 19.4 Å². The smallest absolute Gasteiger partial charge is 0.338 e. The summed E-state index contributed by atoms with van der Waals surface area (Å²) in [5.74, 6) is -1.37. The number of carbonyl (C=O) groups excluding carboxylic acids is 1. The molecule has 15 heteroatoms. The number of rotatable bonds is 13. The van der Waals surface area contributed by atoms with Crippen LogP contribution in [0.25, 0.3) is 0 Å². The number of nitrogens with one attached hydrogen (secondary N) is 2. The van der Waals surface area contributed by atoms with Gasteiger partial charge in [0.15, 0.2) is 10.1 Å². The standard InChI is InChI=1S/C27H36N6O7S2/c1-5-10-27(11-12-33(4)42(38,39)23-15-28-17-29-23)14-22(34)25(26(35)40-27)21(6-2)19-8-7-9-20(13-19)31-41(36,37)24-16-32(3)18-30-24/h7-9,13,15-18,21,31,34H,5-6,10-12,14H2,1-4H3,(H,28,29). The molecule has 3 heterocycles. The maximum atomic E-state index is 13.5. The van der Waals surface area contributed by atoms with Gasteiger partial charge in [-0.05, 0) is 30.5 Å². The highest BCUT2D eigenvalue weighted by Gasteiger charge is 2.44. The molecule has 1 aliphatic heterocycles. The van der Waals surface area contributed by atoms with E-state index < -0.39 is 37.5 Å². The van der Waals surface area contributed by atoms with Gasteiger partial charge >= 0.3 is 5.97 Å². The molecule has 2 atom stereocenters. The van der Waals surface area contributed by atoms with Crippen molar-refractivity contribution in [2.75, 3.05) is 18.3 Å². The second-order valence-corrected chi connectivity index (χ2v) is 14.1. The van der Waals surface area contributed by atoms with E-state index in [1.165, 1.54) is 36.7 Å². The molecule has 0 aliphatic carbocycles. The van der Waals surface area contributed by atoms with Crippen LogP contribution in [0, 0.1) is 0 Å². The number of esters is 1. The van der Waals surface area contributed by atoms with Gasteiger partial charge in [-0.15, -0.1) is 0 Å². The van der Waals surface area contributed by atoms with Crippen molar-refractivity contribution in [1.82, 2.24) is 23.8 Å². The Morgan fingerprint density at radius 1 is 1.24 bits per heavy atom. The normalized spacial score (nSPS) is 18.7. The first kappa shape index (κ1) is 31.3. The average Bonchev–Trinajstić information content (AvgIpc) is 3.63. The summed E-state index contributed by atoms with van der Waals surface area (Å²) in [6.07, 6.45) is 6.97. The highest BCUT2D eigenvalue weighted by atomic mass is 32.2. The lowest BCUT2D eigenvalue weighted by Crippen LogP contribution is -2.44. The van der Waals surface area contributed by atoms with Crippen LogP contribution < -0.4 is 4.72 Å². The van der Waals surface area contributed by atoms with Crippen LogP contribution in [-0.4, -0.2) is 70.9 Å². The van der Waals surface area contributed by atoms with Gasteiger partial charge in [0.05, 0.1) is 24.4 Å². The quantitative estimate of drug-likeness (QED) is 0.242. The highest BCUT2D eigenvalue weighted by molar-refractivity contribution is 7.92. The molecule has 0 saturated heterocycles. The van der Waals surface area contributed by atoms with Crippen LogP contribution in [0.4, 0.5) is 5.69 Å². The van der Waals surface area contributed by atoms with E-state index in [4.69, 9.17) is 4.74 Å². The number of aliphatic hydroxyl groups is 1. The zero-order chi connectivity index (χ0) is 30.7. The Labute approximate surface area is 245 Å². The third kappa shape index (κ3) is 6.52. The summed E-state index contributed by atoms with van der Waals surface area (Å²) in [4.78, 5) is 23.8. The molecule has 228 valence electrons. The first-order valence-corrected chi connectivity index (χ1v) is 16.4. The van der Waals surface area contributed by atoms with E-state index in [0.717, 1.165) is 4.31 Å². The summed E-state index contributed by atoms with van der Waals surface area (Å²) >= 11 is 0. The summed E-state index contributed by atoms with van der Waals surface area (Å²) in [6.45, 7) is 3.82. The molecule has 3 N–H and O–H groups in total. The number of anilines is 1. The van der Waals surface area contributed by atoms with Gasteiger partial charge in [-0.2, -0.15) is 12.7 Å². The predicted octanol–water partition coefficient (Wildman–Crippen LogP) is 3.45. The van der Waals surface area contributed by atoms with Crippen LogP contribution in [0.1, 0.15) is 57.4 Å². The van der Waals surface area contributed by atoms with E-state index in [1.807, 2.05) is 13.8 Å². The highest BCUT2D eigenvalue weighted by Crippen LogP contribution is 2.42. The second kappa shape index (κ2) is 12.3. The number of hydrogen-bond acceptors (Lipinski definition) is 9. The summed E-state index contributed by atoms with van der Waals surface area (Å²) in [7, 11) is -4.65. The molecule has 3 aromatic rings.